The van der Waals surface area contributed by atoms with E-state index in [-0.39, 0.29) is 0 Å². The molecule has 5 heteroatoms. The van der Waals surface area contributed by atoms with E-state index in [0.29, 0.717) is 6.04 Å². The van der Waals surface area contributed by atoms with Crippen LogP contribution in [0.15, 0.2) is 3.92 Å². The normalized spacial score (nSPS) is 10.8. The number of aromatic nitrogens is 2. The Labute approximate surface area is 84.9 Å². The zero-order valence-corrected chi connectivity index (χ0v) is 9.81. The van der Waals surface area contributed by atoms with Crippen molar-refractivity contribution in [2.75, 3.05) is 11.4 Å². The Morgan fingerprint density at radius 1 is 1.50 bits per heavy atom. The van der Waals surface area contributed by atoms with Crippen molar-refractivity contribution in [2.24, 2.45) is 0 Å². The van der Waals surface area contributed by atoms with Gasteiger partial charge in [0.1, 0.15) is 0 Å². The number of hydrogen-bond donors (Lipinski definition) is 0. The van der Waals surface area contributed by atoms with E-state index < -0.39 is 0 Å². The standard InChI is InChI=1S/C7H12BrN3S/c1-4-11(5(2)3)7-10-9-6(8)12-7/h5H,4H2,1-3H3. The molecule has 0 aliphatic carbocycles. The second kappa shape index (κ2) is 4.18. The molecule has 0 N–H and O–H groups in total. The molecular formula is C7H12BrN3S. The molecule has 1 aromatic heterocycles. The summed E-state index contributed by atoms with van der Waals surface area (Å²) in [6.07, 6.45) is 0. The summed E-state index contributed by atoms with van der Waals surface area (Å²) in [5.74, 6) is 0. The van der Waals surface area contributed by atoms with Gasteiger partial charge in [0.15, 0.2) is 3.92 Å². The van der Waals surface area contributed by atoms with Crippen LogP contribution in [0.4, 0.5) is 5.13 Å². The van der Waals surface area contributed by atoms with Crippen molar-refractivity contribution in [1.82, 2.24) is 10.2 Å². The highest BCUT2D eigenvalue weighted by Gasteiger charge is 2.12. The van der Waals surface area contributed by atoms with E-state index in [4.69, 9.17) is 0 Å². The zero-order valence-electron chi connectivity index (χ0n) is 7.41. The maximum atomic E-state index is 4.06. The van der Waals surface area contributed by atoms with E-state index in [1.165, 1.54) is 0 Å². The molecule has 0 atom stereocenters. The van der Waals surface area contributed by atoms with E-state index in [9.17, 15) is 0 Å². The Morgan fingerprint density at radius 3 is 2.50 bits per heavy atom. The van der Waals surface area contributed by atoms with Crippen molar-refractivity contribution in [3.8, 4) is 0 Å². The second-order valence-corrected chi connectivity index (χ2v) is 4.95. The van der Waals surface area contributed by atoms with Gasteiger partial charge in [-0.2, -0.15) is 0 Å². The van der Waals surface area contributed by atoms with Crippen molar-refractivity contribution in [2.45, 2.75) is 26.8 Å². The highest BCUT2D eigenvalue weighted by Crippen LogP contribution is 2.25. The molecule has 0 aliphatic heterocycles. The van der Waals surface area contributed by atoms with Crippen molar-refractivity contribution in [1.29, 1.82) is 0 Å². The monoisotopic (exact) mass is 249 g/mol. The minimum Gasteiger partial charge on any atom is -0.344 e. The first-order chi connectivity index (χ1) is 5.65. The van der Waals surface area contributed by atoms with Gasteiger partial charge in [-0.1, -0.05) is 11.3 Å². The van der Waals surface area contributed by atoms with Crippen molar-refractivity contribution in [3.63, 3.8) is 0 Å². The summed E-state index contributed by atoms with van der Waals surface area (Å²) in [5, 5.41) is 8.95. The minimum atomic E-state index is 0.481. The van der Waals surface area contributed by atoms with Crippen LogP contribution in [-0.2, 0) is 0 Å². The van der Waals surface area contributed by atoms with Gasteiger partial charge >= 0.3 is 0 Å². The van der Waals surface area contributed by atoms with Crippen LogP contribution < -0.4 is 4.90 Å². The Hall–Kier alpha value is -0.160. The van der Waals surface area contributed by atoms with E-state index >= 15 is 0 Å². The Morgan fingerprint density at radius 2 is 2.17 bits per heavy atom. The molecule has 0 aliphatic rings. The van der Waals surface area contributed by atoms with Gasteiger partial charge in [0, 0.05) is 12.6 Å². The molecule has 0 aromatic carbocycles. The van der Waals surface area contributed by atoms with Gasteiger partial charge in [0.25, 0.3) is 0 Å². The van der Waals surface area contributed by atoms with E-state index in [0.717, 1.165) is 15.6 Å². The van der Waals surface area contributed by atoms with Gasteiger partial charge in [0.2, 0.25) is 5.13 Å². The van der Waals surface area contributed by atoms with Crippen LogP contribution in [0.1, 0.15) is 20.8 Å². The highest BCUT2D eigenvalue weighted by molar-refractivity contribution is 9.11. The lowest BCUT2D eigenvalue weighted by atomic mass is 10.3. The number of anilines is 1. The maximum Gasteiger partial charge on any atom is 0.209 e. The lowest BCUT2D eigenvalue weighted by molar-refractivity contribution is 0.696. The fourth-order valence-electron chi connectivity index (χ4n) is 1.04. The topological polar surface area (TPSA) is 29.0 Å². The van der Waals surface area contributed by atoms with Gasteiger partial charge in [-0.15, -0.1) is 10.2 Å². The number of rotatable bonds is 3. The number of nitrogens with zero attached hydrogens (tertiary/aromatic N) is 3. The minimum absolute atomic E-state index is 0.481. The molecular weight excluding hydrogens is 238 g/mol. The largest absolute Gasteiger partial charge is 0.344 e. The van der Waals surface area contributed by atoms with Crippen LogP contribution in [0.3, 0.4) is 0 Å². The van der Waals surface area contributed by atoms with Crippen LogP contribution in [0.2, 0.25) is 0 Å². The molecule has 0 unspecified atom stereocenters. The summed E-state index contributed by atoms with van der Waals surface area (Å²) in [7, 11) is 0. The quantitative estimate of drug-likeness (QED) is 0.825. The molecule has 12 heavy (non-hydrogen) atoms. The van der Waals surface area contributed by atoms with Gasteiger partial charge in [0.05, 0.1) is 0 Å². The van der Waals surface area contributed by atoms with Gasteiger partial charge in [-0.05, 0) is 36.7 Å². The first kappa shape index (κ1) is 9.92. The Balaban J connectivity index is 2.80. The molecule has 0 bridgehead atoms. The molecule has 0 saturated carbocycles. The smallest absolute Gasteiger partial charge is 0.209 e. The van der Waals surface area contributed by atoms with E-state index in [1.807, 2.05) is 0 Å². The molecule has 68 valence electrons. The van der Waals surface area contributed by atoms with Gasteiger partial charge in [-0.25, -0.2) is 0 Å². The zero-order chi connectivity index (χ0) is 9.14. The van der Waals surface area contributed by atoms with E-state index in [2.05, 4.69) is 51.8 Å². The predicted octanol–water partition coefficient (Wildman–Crippen LogP) is 2.54. The number of hydrogen-bond acceptors (Lipinski definition) is 4. The molecule has 1 aromatic rings. The number of halogens is 1. The molecule has 0 fully saturated rings. The lowest BCUT2D eigenvalue weighted by Crippen LogP contribution is -2.30. The first-order valence-corrected chi connectivity index (χ1v) is 5.51. The highest BCUT2D eigenvalue weighted by atomic mass is 79.9. The van der Waals surface area contributed by atoms with Crippen molar-refractivity contribution < 1.29 is 0 Å². The molecule has 3 nitrogen and oxygen atoms in total. The van der Waals surface area contributed by atoms with Crippen LogP contribution in [0, 0.1) is 0 Å². The third kappa shape index (κ3) is 2.17. The molecule has 0 saturated heterocycles. The summed E-state index contributed by atoms with van der Waals surface area (Å²) in [6, 6.07) is 0.481. The summed E-state index contributed by atoms with van der Waals surface area (Å²) in [6.45, 7) is 7.40. The molecule has 0 amide bonds. The van der Waals surface area contributed by atoms with E-state index in [1.54, 1.807) is 11.3 Å². The molecule has 0 spiro atoms. The SMILES string of the molecule is CCN(c1nnc(Br)s1)C(C)C. The fourth-order valence-corrected chi connectivity index (χ4v) is 2.32. The molecule has 1 rings (SSSR count). The first-order valence-electron chi connectivity index (χ1n) is 3.90. The average Bonchev–Trinajstić information content (AvgIpc) is 2.37. The van der Waals surface area contributed by atoms with Crippen LogP contribution in [0.25, 0.3) is 0 Å². The van der Waals surface area contributed by atoms with Crippen molar-refractivity contribution >= 4 is 32.4 Å². The lowest BCUT2D eigenvalue weighted by Gasteiger charge is -2.23. The third-order valence-electron chi connectivity index (χ3n) is 1.60. The summed E-state index contributed by atoms with van der Waals surface area (Å²) in [5.41, 5.74) is 0. The molecule has 1 heterocycles. The van der Waals surface area contributed by atoms with Gasteiger partial charge in [-0.3, -0.25) is 0 Å². The average molecular weight is 250 g/mol. The van der Waals surface area contributed by atoms with Crippen molar-refractivity contribution in [3.05, 3.63) is 3.92 Å². The molecule has 0 radical (unpaired) electrons. The second-order valence-electron chi connectivity index (χ2n) is 2.72. The van der Waals surface area contributed by atoms with Crippen LogP contribution in [-0.4, -0.2) is 22.8 Å². The maximum absolute atomic E-state index is 4.06. The Bertz CT molecular complexity index is 249. The summed E-state index contributed by atoms with van der Waals surface area (Å²) < 4.78 is 0.844. The van der Waals surface area contributed by atoms with Gasteiger partial charge < -0.3 is 4.90 Å². The van der Waals surface area contributed by atoms with Crippen LogP contribution >= 0.6 is 27.3 Å². The Kier molecular flexibility index (Phi) is 3.46. The predicted molar refractivity (Wildman–Crippen MR) is 55.8 cm³/mol. The third-order valence-corrected chi connectivity index (χ3v) is 2.99. The van der Waals surface area contributed by atoms with Crippen LogP contribution in [0.5, 0.6) is 0 Å². The fraction of sp³-hybridized carbons (Fsp3) is 0.714. The summed E-state index contributed by atoms with van der Waals surface area (Å²) >= 11 is 4.87. The summed E-state index contributed by atoms with van der Waals surface area (Å²) in [4.78, 5) is 2.21.